The molecule has 0 unspecified atom stereocenters. The number of likely N-dealkylation sites (tertiary alicyclic amines) is 1. The monoisotopic (exact) mass is 347 g/mol. The molecule has 138 valence electrons. The van der Waals surface area contributed by atoms with Crippen LogP contribution in [0.2, 0.25) is 0 Å². The van der Waals surface area contributed by atoms with Crippen LogP contribution in [0.1, 0.15) is 18.4 Å². The SMILES string of the molecule is CN=C(NCCOCc1ccccc1)NC1CCN(CC(N)=O)CC1. The summed E-state index contributed by atoms with van der Waals surface area (Å²) in [7, 11) is 1.77. The Hall–Kier alpha value is -2.12. The summed E-state index contributed by atoms with van der Waals surface area (Å²) in [6, 6.07) is 10.5. The van der Waals surface area contributed by atoms with Crippen molar-refractivity contribution in [1.29, 1.82) is 0 Å². The average Bonchev–Trinajstić information content (AvgIpc) is 2.62. The summed E-state index contributed by atoms with van der Waals surface area (Å²) in [6.07, 6.45) is 1.94. The van der Waals surface area contributed by atoms with Gasteiger partial charge >= 0.3 is 0 Å². The van der Waals surface area contributed by atoms with Crippen molar-refractivity contribution < 1.29 is 9.53 Å². The fraction of sp³-hybridized carbons (Fsp3) is 0.556. The maximum Gasteiger partial charge on any atom is 0.231 e. The molecule has 1 aliphatic rings. The molecule has 7 heteroatoms. The summed E-state index contributed by atoms with van der Waals surface area (Å²) >= 11 is 0. The van der Waals surface area contributed by atoms with Crippen molar-refractivity contribution >= 4 is 11.9 Å². The number of nitrogens with two attached hydrogens (primary N) is 1. The molecule has 1 aromatic carbocycles. The fourth-order valence-corrected chi connectivity index (χ4v) is 2.85. The molecular formula is C18H29N5O2. The molecule has 0 radical (unpaired) electrons. The van der Waals surface area contributed by atoms with Crippen LogP contribution in [-0.2, 0) is 16.1 Å². The normalized spacial score (nSPS) is 16.6. The van der Waals surface area contributed by atoms with E-state index in [-0.39, 0.29) is 5.91 Å². The van der Waals surface area contributed by atoms with Gasteiger partial charge in [-0.05, 0) is 18.4 Å². The molecule has 7 nitrogen and oxygen atoms in total. The first kappa shape index (κ1) is 19.2. The lowest BCUT2D eigenvalue weighted by Crippen LogP contribution is -2.50. The van der Waals surface area contributed by atoms with Gasteiger partial charge in [0, 0.05) is 32.7 Å². The Morgan fingerprint density at radius 3 is 2.68 bits per heavy atom. The molecule has 0 saturated carbocycles. The maximum atomic E-state index is 11.0. The number of nitrogens with one attached hydrogen (secondary N) is 2. The number of primary amides is 1. The second-order valence-electron chi connectivity index (χ2n) is 6.20. The van der Waals surface area contributed by atoms with E-state index in [2.05, 4.69) is 32.7 Å². The number of aliphatic imine (C=N–C) groups is 1. The molecule has 1 aliphatic heterocycles. The van der Waals surface area contributed by atoms with E-state index in [0.29, 0.717) is 32.3 Å². The van der Waals surface area contributed by atoms with Gasteiger partial charge in [-0.2, -0.15) is 0 Å². The van der Waals surface area contributed by atoms with E-state index in [9.17, 15) is 4.79 Å². The van der Waals surface area contributed by atoms with E-state index >= 15 is 0 Å². The number of ether oxygens (including phenoxy) is 1. The molecule has 4 N–H and O–H groups in total. The van der Waals surface area contributed by atoms with Crippen molar-refractivity contribution in [3.8, 4) is 0 Å². The van der Waals surface area contributed by atoms with E-state index in [0.717, 1.165) is 31.9 Å². The van der Waals surface area contributed by atoms with Crippen molar-refractivity contribution in [1.82, 2.24) is 15.5 Å². The molecule has 1 heterocycles. The molecule has 1 amide bonds. The highest BCUT2D eigenvalue weighted by Gasteiger charge is 2.20. The Bertz CT molecular complexity index is 542. The smallest absolute Gasteiger partial charge is 0.231 e. The lowest BCUT2D eigenvalue weighted by Gasteiger charge is -2.32. The van der Waals surface area contributed by atoms with Crippen LogP contribution in [-0.4, -0.2) is 62.6 Å². The Morgan fingerprint density at radius 1 is 1.32 bits per heavy atom. The first-order chi connectivity index (χ1) is 12.2. The largest absolute Gasteiger partial charge is 0.375 e. The zero-order chi connectivity index (χ0) is 17.9. The molecule has 0 atom stereocenters. The van der Waals surface area contributed by atoms with Crippen molar-refractivity contribution in [2.45, 2.75) is 25.5 Å². The van der Waals surface area contributed by atoms with Crippen LogP contribution in [0.15, 0.2) is 35.3 Å². The number of piperidine rings is 1. The third-order valence-corrected chi connectivity index (χ3v) is 4.18. The highest BCUT2D eigenvalue weighted by atomic mass is 16.5. The number of carbonyl (C=O) groups excluding carboxylic acids is 1. The van der Waals surface area contributed by atoms with Gasteiger partial charge in [0.1, 0.15) is 0 Å². The summed E-state index contributed by atoms with van der Waals surface area (Å²) in [5.74, 6) is 0.524. The van der Waals surface area contributed by atoms with Crippen LogP contribution in [0.3, 0.4) is 0 Å². The summed E-state index contributed by atoms with van der Waals surface area (Å²) in [6.45, 7) is 4.03. The fourth-order valence-electron chi connectivity index (χ4n) is 2.85. The summed E-state index contributed by atoms with van der Waals surface area (Å²) in [5, 5.41) is 6.70. The summed E-state index contributed by atoms with van der Waals surface area (Å²) in [5.41, 5.74) is 6.41. The van der Waals surface area contributed by atoms with Gasteiger partial charge in [0.25, 0.3) is 0 Å². The van der Waals surface area contributed by atoms with Crippen molar-refractivity contribution in [3.63, 3.8) is 0 Å². The molecule has 1 fully saturated rings. The van der Waals surface area contributed by atoms with Gasteiger partial charge in [-0.25, -0.2) is 0 Å². The zero-order valence-corrected chi connectivity index (χ0v) is 14.9. The third-order valence-electron chi connectivity index (χ3n) is 4.18. The molecule has 0 aromatic heterocycles. The van der Waals surface area contributed by atoms with Gasteiger partial charge in [-0.3, -0.25) is 14.7 Å². The molecular weight excluding hydrogens is 318 g/mol. The van der Waals surface area contributed by atoms with Crippen LogP contribution in [0.5, 0.6) is 0 Å². The number of guanidine groups is 1. The number of amides is 1. The lowest BCUT2D eigenvalue weighted by atomic mass is 10.1. The van der Waals surface area contributed by atoms with Crippen LogP contribution in [0, 0.1) is 0 Å². The standard InChI is InChI=1S/C18H29N5O2/c1-20-18(21-9-12-25-14-15-5-3-2-4-6-15)22-16-7-10-23(11-8-16)13-17(19)24/h2-6,16H,7-14H2,1H3,(H2,19,24)(H2,20,21,22). The Morgan fingerprint density at radius 2 is 2.04 bits per heavy atom. The van der Waals surface area contributed by atoms with Gasteiger partial charge in [-0.1, -0.05) is 30.3 Å². The van der Waals surface area contributed by atoms with Crippen molar-refractivity contribution in [2.24, 2.45) is 10.7 Å². The van der Waals surface area contributed by atoms with Gasteiger partial charge in [0.2, 0.25) is 5.91 Å². The van der Waals surface area contributed by atoms with E-state index in [1.807, 2.05) is 18.2 Å². The second-order valence-corrected chi connectivity index (χ2v) is 6.20. The molecule has 0 aliphatic carbocycles. The Labute approximate surface area is 149 Å². The van der Waals surface area contributed by atoms with Gasteiger partial charge in [0.05, 0.1) is 19.8 Å². The number of nitrogens with zero attached hydrogens (tertiary/aromatic N) is 2. The van der Waals surface area contributed by atoms with Crippen LogP contribution in [0.4, 0.5) is 0 Å². The molecule has 1 aromatic rings. The van der Waals surface area contributed by atoms with E-state index < -0.39 is 0 Å². The maximum absolute atomic E-state index is 11.0. The average molecular weight is 347 g/mol. The summed E-state index contributed by atoms with van der Waals surface area (Å²) in [4.78, 5) is 17.3. The molecule has 0 bridgehead atoms. The number of carbonyl (C=O) groups is 1. The second kappa shape index (κ2) is 10.7. The van der Waals surface area contributed by atoms with E-state index in [1.54, 1.807) is 7.05 Å². The molecule has 2 rings (SSSR count). The summed E-state index contributed by atoms with van der Waals surface area (Å²) < 4.78 is 5.66. The number of hydrogen-bond acceptors (Lipinski definition) is 4. The van der Waals surface area contributed by atoms with Crippen LogP contribution < -0.4 is 16.4 Å². The highest BCUT2D eigenvalue weighted by molar-refractivity contribution is 5.80. The van der Waals surface area contributed by atoms with E-state index in [4.69, 9.17) is 10.5 Å². The minimum absolute atomic E-state index is 0.264. The quantitative estimate of drug-likeness (QED) is 0.358. The van der Waals surface area contributed by atoms with Gasteiger partial charge in [0.15, 0.2) is 5.96 Å². The first-order valence-electron chi connectivity index (χ1n) is 8.77. The first-order valence-corrected chi connectivity index (χ1v) is 8.77. The lowest BCUT2D eigenvalue weighted by molar-refractivity contribution is -0.119. The Kier molecular flexibility index (Phi) is 8.21. The van der Waals surface area contributed by atoms with Gasteiger partial charge < -0.3 is 21.1 Å². The predicted molar refractivity (Wildman–Crippen MR) is 99.3 cm³/mol. The highest BCUT2D eigenvalue weighted by Crippen LogP contribution is 2.09. The van der Waals surface area contributed by atoms with Crippen molar-refractivity contribution in [3.05, 3.63) is 35.9 Å². The van der Waals surface area contributed by atoms with E-state index in [1.165, 1.54) is 5.56 Å². The molecule has 1 saturated heterocycles. The number of hydrogen-bond donors (Lipinski definition) is 3. The van der Waals surface area contributed by atoms with Crippen LogP contribution >= 0.6 is 0 Å². The molecule has 25 heavy (non-hydrogen) atoms. The minimum Gasteiger partial charge on any atom is -0.375 e. The minimum atomic E-state index is -0.264. The zero-order valence-electron chi connectivity index (χ0n) is 14.9. The number of rotatable bonds is 8. The van der Waals surface area contributed by atoms with Gasteiger partial charge in [-0.15, -0.1) is 0 Å². The molecule has 0 spiro atoms. The topological polar surface area (TPSA) is 92.0 Å². The van der Waals surface area contributed by atoms with Crippen LogP contribution in [0.25, 0.3) is 0 Å². The van der Waals surface area contributed by atoms with Crippen molar-refractivity contribution in [2.75, 3.05) is 39.8 Å². The third kappa shape index (κ3) is 7.53. The Balaban J connectivity index is 1.59. The number of benzene rings is 1. The predicted octanol–water partition coefficient (Wildman–Crippen LogP) is 0.318.